The lowest BCUT2D eigenvalue weighted by atomic mass is 9.63. The molecule has 0 aromatic heterocycles. The first-order valence-corrected chi connectivity index (χ1v) is 6.98. The summed E-state index contributed by atoms with van der Waals surface area (Å²) in [5.74, 6) is -1.99. The summed E-state index contributed by atoms with van der Waals surface area (Å²) in [6.07, 6.45) is 4.15. The molecule has 1 aliphatic carbocycles. The van der Waals surface area contributed by atoms with Crippen molar-refractivity contribution in [2.24, 2.45) is 5.92 Å². The Balaban J connectivity index is 2.64. The summed E-state index contributed by atoms with van der Waals surface area (Å²) in [7, 11) is 0. The summed E-state index contributed by atoms with van der Waals surface area (Å²) in [6, 6.07) is 4.79. The minimum Gasteiger partial charge on any atom is -0.478 e. The van der Waals surface area contributed by atoms with E-state index in [2.05, 4.69) is 13.8 Å². The van der Waals surface area contributed by atoms with Crippen LogP contribution in [-0.4, -0.2) is 22.2 Å². The van der Waals surface area contributed by atoms with Crippen molar-refractivity contribution in [2.75, 3.05) is 0 Å². The molecule has 20 heavy (non-hydrogen) atoms. The molecule has 1 saturated carbocycles. The zero-order chi connectivity index (χ0) is 14.9. The average molecular weight is 276 g/mol. The lowest BCUT2D eigenvalue weighted by Gasteiger charge is -2.41. The number of hydrogen-bond acceptors (Lipinski definition) is 2. The van der Waals surface area contributed by atoms with Gasteiger partial charge in [0.1, 0.15) is 0 Å². The van der Waals surface area contributed by atoms with Gasteiger partial charge in [-0.05, 0) is 35.8 Å². The third-order valence-corrected chi connectivity index (χ3v) is 4.79. The van der Waals surface area contributed by atoms with Crippen LogP contribution in [0.1, 0.15) is 65.8 Å². The minimum absolute atomic E-state index is 0.0451. The fraction of sp³-hybridized carbons (Fsp3) is 0.500. The van der Waals surface area contributed by atoms with E-state index in [9.17, 15) is 19.8 Å². The van der Waals surface area contributed by atoms with Gasteiger partial charge < -0.3 is 10.2 Å². The summed E-state index contributed by atoms with van der Waals surface area (Å²) in [5.41, 5.74) is 0.236. The van der Waals surface area contributed by atoms with Crippen molar-refractivity contribution in [2.45, 2.75) is 44.9 Å². The Hall–Kier alpha value is -1.84. The summed E-state index contributed by atoms with van der Waals surface area (Å²) in [4.78, 5) is 22.9. The Kier molecular flexibility index (Phi) is 3.84. The maximum atomic E-state index is 11.6. The van der Waals surface area contributed by atoms with Crippen LogP contribution in [0.15, 0.2) is 18.2 Å². The van der Waals surface area contributed by atoms with E-state index in [0.717, 1.165) is 25.7 Å². The lowest BCUT2D eigenvalue weighted by Crippen LogP contribution is -2.35. The van der Waals surface area contributed by atoms with Crippen LogP contribution in [0.25, 0.3) is 0 Å². The average Bonchev–Trinajstić information content (AvgIpc) is 2.41. The van der Waals surface area contributed by atoms with Gasteiger partial charge in [0, 0.05) is 0 Å². The third-order valence-electron chi connectivity index (χ3n) is 4.79. The van der Waals surface area contributed by atoms with Crippen LogP contribution in [0.5, 0.6) is 0 Å². The van der Waals surface area contributed by atoms with Gasteiger partial charge in [-0.1, -0.05) is 38.8 Å². The van der Waals surface area contributed by atoms with Gasteiger partial charge in [0.2, 0.25) is 0 Å². The van der Waals surface area contributed by atoms with Crippen molar-refractivity contribution >= 4 is 11.9 Å². The molecule has 1 aromatic carbocycles. The number of rotatable bonds is 3. The molecule has 0 aliphatic heterocycles. The van der Waals surface area contributed by atoms with Crippen molar-refractivity contribution in [1.29, 1.82) is 0 Å². The first-order chi connectivity index (χ1) is 9.38. The predicted octanol–water partition coefficient (Wildman–Crippen LogP) is 3.55. The van der Waals surface area contributed by atoms with Crippen LogP contribution < -0.4 is 0 Å². The lowest BCUT2D eigenvalue weighted by molar-refractivity contribution is 0.0647. The Morgan fingerprint density at radius 2 is 1.90 bits per heavy atom. The molecule has 0 radical (unpaired) electrons. The topological polar surface area (TPSA) is 74.6 Å². The summed E-state index contributed by atoms with van der Waals surface area (Å²) in [5, 5.41) is 18.7. The maximum Gasteiger partial charge on any atom is 0.336 e. The molecular weight excluding hydrogens is 256 g/mol. The molecule has 0 saturated heterocycles. The fourth-order valence-electron chi connectivity index (χ4n) is 3.34. The second-order valence-electron chi connectivity index (χ2n) is 5.90. The molecule has 0 heterocycles. The number of carboxylic acids is 2. The van der Waals surface area contributed by atoms with Gasteiger partial charge in [0.15, 0.2) is 0 Å². The molecule has 2 unspecified atom stereocenters. The Labute approximate surface area is 118 Å². The Morgan fingerprint density at radius 3 is 2.45 bits per heavy atom. The van der Waals surface area contributed by atoms with Gasteiger partial charge in [-0.25, -0.2) is 9.59 Å². The van der Waals surface area contributed by atoms with Crippen LogP contribution in [0.3, 0.4) is 0 Å². The minimum atomic E-state index is -1.18. The molecule has 2 rings (SSSR count). The normalized spacial score (nSPS) is 26.2. The zero-order valence-electron chi connectivity index (χ0n) is 11.8. The second kappa shape index (κ2) is 5.27. The van der Waals surface area contributed by atoms with Crippen molar-refractivity contribution < 1.29 is 19.8 Å². The molecule has 0 bridgehead atoms. The highest BCUT2D eigenvalue weighted by atomic mass is 16.4. The molecule has 2 atom stereocenters. The number of hydrogen-bond donors (Lipinski definition) is 2. The van der Waals surface area contributed by atoms with E-state index in [1.165, 1.54) is 6.07 Å². The molecule has 108 valence electrons. The quantitative estimate of drug-likeness (QED) is 0.885. The summed E-state index contributed by atoms with van der Waals surface area (Å²) >= 11 is 0. The predicted molar refractivity (Wildman–Crippen MR) is 75.3 cm³/mol. The van der Waals surface area contributed by atoms with Crippen LogP contribution in [0, 0.1) is 5.92 Å². The summed E-state index contributed by atoms with van der Waals surface area (Å²) in [6.45, 7) is 4.18. The molecule has 4 heteroatoms. The van der Waals surface area contributed by atoms with Gasteiger partial charge in [-0.2, -0.15) is 0 Å². The van der Waals surface area contributed by atoms with Gasteiger partial charge in [0.25, 0.3) is 0 Å². The number of carboxylic acid groups (broad SMARTS) is 2. The van der Waals surface area contributed by atoms with Gasteiger partial charge >= 0.3 is 11.9 Å². The first kappa shape index (κ1) is 14.6. The van der Waals surface area contributed by atoms with E-state index < -0.39 is 11.9 Å². The largest absolute Gasteiger partial charge is 0.478 e. The molecule has 2 N–H and O–H groups in total. The van der Waals surface area contributed by atoms with Crippen molar-refractivity contribution in [1.82, 2.24) is 0 Å². The van der Waals surface area contributed by atoms with Crippen LogP contribution in [0.2, 0.25) is 0 Å². The monoisotopic (exact) mass is 276 g/mol. The molecule has 0 amide bonds. The van der Waals surface area contributed by atoms with E-state index in [4.69, 9.17) is 0 Å². The van der Waals surface area contributed by atoms with Crippen molar-refractivity contribution in [3.05, 3.63) is 34.9 Å². The highest BCUT2D eigenvalue weighted by molar-refractivity contribution is 6.03. The maximum absolute atomic E-state index is 11.6. The molecular formula is C16H20O4. The van der Waals surface area contributed by atoms with E-state index in [-0.39, 0.29) is 16.5 Å². The molecule has 1 aliphatic rings. The van der Waals surface area contributed by atoms with E-state index >= 15 is 0 Å². The van der Waals surface area contributed by atoms with Crippen LogP contribution >= 0.6 is 0 Å². The highest BCUT2D eigenvalue weighted by Gasteiger charge is 2.39. The smallest absolute Gasteiger partial charge is 0.336 e. The molecule has 1 aromatic rings. The highest BCUT2D eigenvalue weighted by Crippen LogP contribution is 2.45. The van der Waals surface area contributed by atoms with Gasteiger partial charge in [-0.15, -0.1) is 0 Å². The van der Waals surface area contributed by atoms with Crippen molar-refractivity contribution in [3.63, 3.8) is 0 Å². The number of carbonyl (C=O) groups is 2. The van der Waals surface area contributed by atoms with E-state index in [0.29, 0.717) is 11.5 Å². The number of aromatic carboxylic acids is 2. The fourth-order valence-corrected chi connectivity index (χ4v) is 3.34. The molecule has 1 fully saturated rings. The zero-order valence-corrected chi connectivity index (χ0v) is 11.8. The van der Waals surface area contributed by atoms with E-state index in [1.54, 1.807) is 12.1 Å². The molecule has 4 nitrogen and oxygen atoms in total. The van der Waals surface area contributed by atoms with Crippen LogP contribution in [-0.2, 0) is 5.41 Å². The van der Waals surface area contributed by atoms with Crippen molar-refractivity contribution in [3.8, 4) is 0 Å². The Bertz CT molecular complexity index is 549. The second-order valence-corrected chi connectivity index (χ2v) is 5.90. The Morgan fingerprint density at radius 1 is 1.20 bits per heavy atom. The standard InChI is InChI=1S/C16H20O4/c1-10-6-3-4-9-16(10,2)12-8-5-7-11(14(17)18)13(12)15(19)20/h5,7-8,10H,3-4,6,9H2,1-2H3,(H,17,18)(H,19,20). The first-order valence-electron chi connectivity index (χ1n) is 6.98. The van der Waals surface area contributed by atoms with E-state index in [1.807, 2.05) is 0 Å². The SMILES string of the molecule is CC1CCCCC1(C)c1cccc(C(=O)O)c1C(=O)O. The van der Waals surface area contributed by atoms with Crippen LogP contribution in [0.4, 0.5) is 0 Å². The summed E-state index contributed by atoms with van der Waals surface area (Å²) < 4.78 is 0. The number of benzene rings is 1. The molecule has 0 spiro atoms. The van der Waals surface area contributed by atoms with Gasteiger partial charge in [-0.3, -0.25) is 0 Å². The third kappa shape index (κ3) is 2.30. The van der Waals surface area contributed by atoms with Gasteiger partial charge in [0.05, 0.1) is 11.1 Å².